The van der Waals surface area contributed by atoms with E-state index < -0.39 is 11.9 Å². The van der Waals surface area contributed by atoms with Crippen molar-refractivity contribution in [2.24, 2.45) is 0 Å². The van der Waals surface area contributed by atoms with Gasteiger partial charge in [0, 0.05) is 34.3 Å². The molecule has 1 atom stereocenters. The van der Waals surface area contributed by atoms with E-state index in [9.17, 15) is 9.59 Å². The lowest BCUT2D eigenvalue weighted by Crippen LogP contribution is -2.34. The molecule has 1 aromatic rings. The van der Waals surface area contributed by atoms with Crippen LogP contribution in [0.3, 0.4) is 0 Å². The number of ether oxygens (including phenoxy) is 1. The average molecular weight is 332 g/mol. The van der Waals surface area contributed by atoms with E-state index in [1.165, 1.54) is 7.11 Å². The molecule has 5 heteroatoms. The molecule has 1 aliphatic carbocycles. The van der Waals surface area contributed by atoms with E-state index in [1.54, 1.807) is 6.07 Å². The van der Waals surface area contributed by atoms with Gasteiger partial charge >= 0.3 is 5.97 Å². The number of esters is 1. The Morgan fingerprint density at radius 2 is 2.04 bits per heavy atom. The molecule has 120 valence electrons. The molecule has 4 nitrogen and oxygen atoms in total. The van der Waals surface area contributed by atoms with Crippen LogP contribution in [0.25, 0.3) is 0 Å². The van der Waals surface area contributed by atoms with Crippen LogP contribution in [-0.4, -0.2) is 18.9 Å². The predicted molar refractivity (Wildman–Crippen MR) is 87.9 cm³/mol. The SMILES string of the molecule is COC(=O)C1=C(C)NC2=C(C(=O)CCC2)[C@H]1c1ccccc1Cl. The van der Waals surface area contributed by atoms with Crippen LogP contribution in [0.5, 0.6) is 0 Å². The van der Waals surface area contributed by atoms with E-state index in [0.717, 1.165) is 29.8 Å². The second-order valence-electron chi connectivity index (χ2n) is 5.78. The molecule has 0 spiro atoms. The molecule has 3 rings (SSSR count). The Kier molecular flexibility index (Phi) is 4.26. The number of allylic oxidation sites excluding steroid dienone is 3. The van der Waals surface area contributed by atoms with E-state index >= 15 is 0 Å². The third-order valence-corrected chi connectivity index (χ3v) is 4.74. The maximum Gasteiger partial charge on any atom is 0.336 e. The Morgan fingerprint density at radius 1 is 1.30 bits per heavy atom. The van der Waals surface area contributed by atoms with Gasteiger partial charge in [0.1, 0.15) is 0 Å². The number of hydrogen-bond donors (Lipinski definition) is 1. The van der Waals surface area contributed by atoms with E-state index in [0.29, 0.717) is 22.6 Å². The van der Waals surface area contributed by atoms with Gasteiger partial charge in [-0.25, -0.2) is 4.79 Å². The van der Waals surface area contributed by atoms with Gasteiger partial charge in [0.2, 0.25) is 0 Å². The van der Waals surface area contributed by atoms with Gasteiger partial charge in [0.05, 0.1) is 12.7 Å². The molecule has 0 aromatic heterocycles. The summed E-state index contributed by atoms with van der Waals surface area (Å²) in [5.41, 5.74) is 3.48. The number of carbonyl (C=O) groups excluding carboxylic acids is 2. The first-order valence-corrected chi connectivity index (χ1v) is 7.99. The minimum absolute atomic E-state index is 0.0672. The van der Waals surface area contributed by atoms with Crippen LogP contribution in [0.1, 0.15) is 37.7 Å². The van der Waals surface area contributed by atoms with Crippen LogP contribution < -0.4 is 5.32 Å². The molecule has 0 fully saturated rings. The van der Waals surface area contributed by atoms with E-state index in [1.807, 2.05) is 25.1 Å². The Hall–Kier alpha value is -2.07. The number of ketones is 1. The molecule has 1 heterocycles. The largest absolute Gasteiger partial charge is 0.466 e. The molecule has 0 radical (unpaired) electrons. The normalized spacial score (nSPS) is 21.0. The van der Waals surface area contributed by atoms with Gasteiger partial charge in [-0.15, -0.1) is 0 Å². The molecular weight excluding hydrogens is 314 g/mol. The summed E-state index contributed by atoms with van der Waals surface area (Å²) < 4.78 is 4.95. The molecule has 1 aromatic carbocycles. The number of carbonyl (C=O) groups is 2. The van der Waals surface area contributed by atoms with Crippen molar-refractivity contribution in [2.75, 3.05) is 7.11 Å². The predicted octanol–water partition coefficient (Wildman–Crippen LogP) is 3.48. The summed E-state index contributed by atoms with van der Waals surface area (Å²) in [6.45, 7) is 1.83. The fourth-order valence-corrected chi connectivity index (χ4v) is 3.63. The van der Waals surface area contributed by atoms with Crippen molar-refractivity contribution in [3.63, 3.8) is 0 Å². The van der Waals surface area contributed by atoms with Crippen molar-refractivity contribution in [1.82, 2.24) is 5.32 Å². The summed E-state index contributed by atoms with van der Waals surface area (Å²) in [7, 11) is 1.35. The van der Waals surface area contributed by atoms with Crippen LogP contribution >= 0.6 is 11.6 Å². The van der Waals surface area contributed by atoms with Gasteiger partial charge < -0.3 is 10.1 Å². The van der Waals surface area contributed by atoms with E-state index in [2.05, 4.69) is 5.32 Å². The molecule has 0 saturated heterocycles. The summed E-state index contributed by atoms with van der Waals surface area (Å²) in [5, 5.41) is 3.77. The average Bonchev–Trinajstić information content (AvgIpc) is 2.54. The zero-order valence-electron chi connectivity index (χ0n) is 13.1. The first kappa shape index (κ1) is 15.8. The summed E-state index contributed by atoms with van der Waals surface area (Å²) >= 11 is 6.37. The zero-order chi connectivity index (χ0) is 16.6. The highest BCUT2D eigenvalue weighted by atomic mass is 35.5. The van der Waals surface area contributed by atoms with Crippen molar-refractivity contribution in [2.45, 2.75) is 32.1 Å². The van der Waals surface area contributed by atoms with Crippen molar-refractivity contribution in [3.8, 4) is 0 Å². The van der Waals surface area contributed by atoms with E-state index in [-0.39, 0.29) is 5.78 Å². The monoisotopic (exact) mass is 331 g/mol. The van der Waals surface area contributed by atoms with Crippen LogP contribution in [0.4, 0.5) is 0 Å². The third-order valence-electron chi connectivity index (χ3n) is 4.40. The third kappa shape index (κ3) is 2.68. The van der Waals surface area contributed by atoms with Crippen LogP contribution in [-0.2, 0) is 14.3 Å². The van der Waals surface area contributed by atoms with Crippen LogP contribution in [0, 0.1) is 0 Å². The quantitative estimate of drug-likeness (QED) is 0.843. The van der Waals surface area contributed by atoms with Crippen molar-refractivity contribution >= 4 is 23.4 Å². The highest BCUT2D eigenvalue weighted by Crippen LogP contribution is 2.44. The molecule has 0 amide bonds. The number of dihydropyridines is 1. The highest BCUT2D eigenvalue weighted by molar-refractivity contribution is 6.31. The zero-order valence-corrected chi connectivity index (χ0v) is 13.9. The second-order valence-corrected chi connectivity index (χ2v) is 6.19. The summed E-state index contributed by atoms with van der Waals surface area (Å²) in [6.07, 6.45) is 2.11. The lowest BCUT2D eigenvalue weighted by molar-refractivity contribution is -0.136. The molecule has 0 unspecified atom stereocenters. The summed E-state index contributed by atoms with van der Waals surface area (Å²) in [6, 6.07) is 7.33. The second kappa shape index (κ2) is 6.20. The number of halogens is 1. The highest BCUT2D eigenvalue weighted by Gasteiger charge is 2.39. The van der Waals surface area contributed by atoms with Crippen molar-refractivity contribution < 1.29 is 14.3 Å². The minimum Gasteiger partial charge on any atom is -0.466 e. The van der Waals surface area contributed by atoms with Crippen molar-refractivity contribution in [3.05, 3.63) is 57.4 Å². The summed E-state index contributed by atoms with van der Waals surface area (Å²) in [5.74, 6) is -0.845. The molecule has 1 aliphatic heterocycles. The first-order valence-electron chi connectivity index (χ1n) is 7.61. The lowest BCUT2D eigenvalue weighted by atomic mass is 9.75. The molecular formula is C18H18ClNO3. The summed E-state index contributed by atoms with van der Waals surface area (Å²) in [4.78, 5) is 24.9. The Labute approximate surface area is 140 Å². The van der Waals surface area contributed by atoms with E-state index in [4.69, 9.17) is 16.3 Å². The molecule has 2 aliphatic rings. The Morgan fingerprint density at radius 3 is 2.74 bits per heavy atom. The number of hydrogen-bond acceptors (Lipinski definition) is 4. The maximum atomic E-state index is 12.6. The van der Waals surface area contributed by atoms with Gasteiger partial charge in [0.15, 0.2) is 5.78 Å². The van der Waals surface area contributed by atoms with Gasteiger partial charge in [0.25, 0.3) is 0 Å². The number of benzene rings is 1. The number of methoxy groups -OCH3 is 1. The van der Waals surface area contributed by atoms with Crippen molar-refractivity contribution in [1.29, 1.82) is 0 Å². The number of rotatable bonds is 2. The minimum atomic E-state index is -0.472. The van der Waals surface area contributed by atoms with Gasteiger partial charge in [-0.1, -0.05) is 29.8 Å². The topological polar surface area (TPSA) is 55.4 Å². The first-order chi connectivity index (χ1) is 11.0. The van der Waals surface area contributed by atoms with Gasteiger partial charge in [-0.3, -0.25) is 4.79 Å². The van der Waals surface area contributed by atoms with Gasteiger partial charge in [-0.2, -0.15) is 0 Å². The Bertz CT molecular complexity index is 748. The van der Waals surface area contributed by atoms with Crippen LogP contribution in [0.15, 0.2) is 46.8 Å². The fourth-order valence-electron chi connectivity index (χ4n) is 3.38. The molecule has 0 bridgehead atoms. The standard InChI is InChI=1S/C18H18ClNO3/c1-10-15(18(22)23-2)16(11-6-3-4-7-12(11)19)17-13(20-10)8-5-9-14(17)21/h3-4,6-7,16,20H,5,8-9H2,1-2H3/t16-/m0/s1. The Balaban J connectivity index is 2.23. The lowest BCUT2D eigenvalue weighted by Gasteiger charge is -2.34. The number of Topliss-reactive ketones (excluding diaryl/α,β-unsaturated/α-hetero) is 1. The molecule has 0 saturated carbocycles. The smallest absolute Gasteiger partial charge is 0.336 e. The molecule has 1 N–H and O–H groups in total. The number of nitrogens with one attached hydrogen (secondary N) is 1. The molecule has 23 heavy (non-hydrogen) atoms. The maximum absolute atomic E-state index is 12.6. The van der Waals surface area contributed by atoms with Gasteiger partial charge in [-0.05, 0) is 31.4 Å². The van der Waals surface area contributed by atoms with Crippen LogP contribution in [0.2, 0.25) is 5.02 Å². The fraction of sp³-hybridized carbons (Fsp3) is 0.333.